The summed E-state index contributed by atoms with van der Waals surface area (Å²) >= 11 is 0. The monoisotopic (exact) mass is 696 g/mol. The lowest BCUT2D eigenvalue weighted by Crippen LogP contribution is -2.32. The second-order valence-corrected chi connectivity index (χ2v) is 15.4. The molecule has 4 aliphatic rings. The Bertz CT molecular complexity index is 3100. The van der Waals surface area contributed by atoms with Gasteiger partial charge < -0.3 is 4.74 Å². The number of para-hydroxylation sites is 2. The third-order valence-electron chi connectivity index (χ3n) is 13.2. The zero-order chi connectivity index (χ0) is 35.9. The van der Waals surface area contributed by atoms with Crippen LogP contribution in [0.15, 0.2) is 194 Å². The summed E-state index contributed by atoms with van der Waals surface area (Å²) in [6.07, 6.45) is 0. The topological polar surface area (TPSA) is 9.23 Å². The van der Waals surface area contributed by atoms with E-state index in [1.807, 2.05) is 0 Å². The van der Waals surface area contributed by atoms with Crippen molar-refractivity contribution in [2.24, 2.45) is 0 Å². The summed E-state index contributed by atoms with van der Waals surface area (Å²) in [7, 11) is 0. The van der Waals surface area contributed by atoms with Gasteiger partial charge >= 0.3 is 0 Å². The molecule has 13 rings (SSSR count). The fraction of sp³-hybridized carbons (Fsp3) is 0.0370. The predicted octanol–water partition coefficient (Wildman–Crippen LogP) is 13.3. The average Bonchev–Trinajstić information content (AvgIpc) is 3.71. The molecule has 1 nitrogen and oxygen atoms in total. The second kappa shape index (κ2) is 10.4. The Kier molecular flexibility index (Phi) is 5.56. The molecule has 0 bridgehead atoms. The minimum absolute atomic E-state index is 0.443. The van der Waals surface area contributed by atoms with Crippen molar-refractivity contribution in [1.82, 2.24) is 0 Å². The molecule has 1 atom stereocenters. The van der Waals surface area contributed by atoms with Gasteiger partial charge in [0.25, 0.3) is 0 Å². The van der Waals surface area contributed by atoms with E-state index >= 15 is 0 Å². The van der Waals surface area contributed by atoms with Gasteiger partial charge in [-0.25, -0.2) is 0 Å². The molecular weight excluding hydrogens is 665 g/mol. The molecule has 9 aromatic carbocycles. The first-order valence-corrected chi connectivity index (χ1v) is 19.3. The maximum Gasteiger partial charge on any atom is 0.140 e. The molecule has 0 saturated heterocycles. The number of ether oxygens (including phenoxy) is 1. The molecule has 1 heteroatoms. The van der Waals surface area contributed by atoms with Crippen molar-refractivity contribution in [2.75, 3.05) is 0 Å². The number of hydrogen-bond acceptors (Lipinski definition) is 1. The standard InChI is InChI=1S/C54H32O/c1-5-22-42-36(16-1)37-17-2-6-23-43(37)54(42)47-26-9-10-29-50(47)55-52-35(20-13-28-49(52)54)34-30-31-46-41(32-34)39-19-4-8-25-45(39)53(46)44-24-7-3-18-38(44)40-21-11-14-33-15-12-27-48(53)51(33)40/h1-32H. The molecule has 9 aromatic rings. The molecule has 55 heavy (non-hydrogen) atoms. The van der Waals surface area contributed by atoms with Gasteiger partial charge in [0, 0.05) is 16.7 Å². The Morgan fingerprint density at radius 3 is 1.40 bits per heavy atom. The molecule has 3 aliphatic carbocycles. The van der Waals surface area contributed by atoms with E-state index in [1.54, 1.807) is 0 Å². The largest absolute Gasteiger partial charge is 0.456 e. The number of benzene rings is 9. The molecule has 0 N–H and O–H groups in total. The van der Waals surface area contributed by atoms with Crippen LogP contribution < -0.4 is 4.74 Å². The number of fused-ring (bicyclic) bond motifs is 18. The highest BCUT2D eigenvalue weighted by molar-refractivity contribution is 6.07. The molecule has 0 aromatic heterocycles. The summed E-state index contributed by atoms with van der Waals surface area (Å²) in [5, 5.41) is 2.63. The fourth-order valence-corrected chi connectivity index (χ4v) is 11.2. The van der Waals surface area contributed by atoms with E-state index in [2.05, 4.69) is 194 Å². The smallest absolute Gasteiger partial charge is 0.140 e. The van der Waals surface area contributed by atoms with Crippen molar-refractivity contribution in [1.29, 1.82) is 0 Å². The minimum Gasteiger partial charge on any atom is -0.456 e. The molecule has 0 fully saturated rings. The molecule has 1 unspecified atom stereocenters. The van der Waals surface area contributed by atoms with Gasteiger partial charge in [0.1, 0.15) is 11.5 Å². The van der Waals surface area contributed by atoms with E-state index in [1.165, 1.54) is 88.7 Å². The zero-order valence-electron chi connectivity index (χ0n) is 29.9. The quantitative estimate of drug-likeness (QED) is 0.166. The predicted molar refractivity (Wildman–Crippen MR) is 223 cm³/mol. The second-order valence-electron chi connectivity index (χ2n) is 15.4. The first kappa shape index (κ1) is 29.5. The Balaban J connectivity index is 1.09. The van der Waals surface area contributed by atoms with Crippen molar-refractivity contribution in [3.8, 4) is 56.0 Å². The molecular formula is C54H32O. The van der Waals surface area contributed by atoms with E-state index in [0.717, 1.165) is 22.6 Å². The highest BCUT2D eigenvalue weighted by atomic mass is 16.5. The van der Waals surface area contributed by atoms with Crippen LogP contribution in [0.3, 0.4) is 0 Å². The van der Waals surface area contributed by atoms with Crippen molar-refractivity contribution in [2.45, 2.75) is 10.8 Å². The van der Waals surface area contributed by atoms with Gasteiger partial charge in [-0.05, 0) is 95.2 Å². The molecule has 2 spiro atoms. The number of hydrogen-bond donors (Lipinski definition) is 0. The summed E-state index contributed by atoms with van der Waals surface area (Å²) in [5.74, 6) is 1.83. The van der Waals surface area contributed by atoms with Gasteiger partial charge in [0.15, 0.2) is 0 Å². The molecule has 0 saturated carbocycles. The molecule has 1 heterocycles. The first-order valence-electron chi connectivity index (χ1n) is 19.3. The third-order valence-corrected chi connectivity index (χ3v) is 13.2. The van der Waals surface area contributed by atoms with Gasteiger partial charge in [0.05, 0.1) is 10.8 Å². The highest BCUT2D eigenvalue weighted by Crippen LogP contribution is 2.65. The van der Waals surface area contributed by atoms with Gasteiger partial charge in [-0.15, -0.1) is 0 Å². The average molecular weight is 697 g/mol. The van der Waals surface area contributed by atoms with E-state index in [0.29, 0.717) is 0 Å². The molecule has 0 radical (unpaired) electrons. The summed E-state index contributed by atoms with van der Waals surface area (Å²) in [6, 6.07) is 72.3. The van der Waals surface area contributed by atoms with Crippen molar-refractivity contribution < 1.29 is 4.74 Å². The van der Waals surface area contributed by atoms with Crippen LogP contribution in [-0.4, -0.2) is 0 Å². The Morgan fingerprint density at radius 2 is 0.727 bits per heavy atom. The summed E-state index contributed by atoms with van der Waals surface area (Å²) in [4.78, 5) is 0. The van der Waals surface area contributed by atoms with Crippen molar-refractivity contribution >= 4 is 10.8 Å². The first-order chi connectivity index (χ1) is 27.3. The van der Waals surface area contributed by atoms with E-state index in [9.17, 15) is 0 Å². The molecule has 1 aliphatic heterocycles. The minimum atomic E-state index is -0.501. The molecule has 0 amide bonds. The zero-order valence-corrected chi connectivity index (χ0v) is 29.9. The maximum atomic E-state index is 7.10. The van der Waals surface area contributed by atoms with Crippen LogP contribution in [0.4, 0.5) is 0 Å². The summed E-state index contributed by atoms with van der Waals surface area (Å²) in [5.41, 5.74) is 19.4. The van der Waals surface area contributed by atoms with Crippen LogP contribution >= 0.6 is 0 Å². The Labute approximate surface area is 319 Å². The highest BCUT2D eigenvalue weighted by Gasteiger charge is 2.52. The van der Waals surface area contributed by atoms with E-state index in [4.69, 9.17) is 4.74 Å². The van der Waals surface area contributed by atoms with Crippen molar-refractivity contribution in [3.05, 3.63) is 239 Å². The van der Waals surface area contributed by atoms with E-state index < -0.39 is 10.8 Å². The normalized spacial score (nSPS) is 16.7. The lowest BCUT2D eigenvalue weighted by molar-refractivity contribution is 0.438. The van der Waals surface area contributed by atoms with Crippen LogP contribution in [0.1, 0.15) is 44.5 Å². The van der Waals surface area contributed by atoms with Crippen LogP contribution in [0.2, 0.25) is 0 Å². The Hall–Kier alpha value is -6.96. The SMILES string of the molecule is c1ccc2c(c1)Oc1c(-c3ccc4c(c3)-c3ccccc3C43c4ccccc4-c4cccc5cccc3c45)cccc1C21c2ccccc2-c2ccccc21. The summed E-state index contributed by atoms with van der Waals surface area (Å²) in [6.45, 7) is 0. The van der Waals surface area contributed by atoms with Gasteiger partial charge in [0.2, 0.25) is 0 Å². The molecule has 254 valence electrons. The number of rotatable bonds is 1. The van der Waals surface area contributed by atoms with Gasteiger partial charge in [-0.1, -0.05) is 182 Å². The van der Waals surface area contributed by atoms with Crippen LogP contribution in [0.5, 0.6) is 11.5 Å². The van der Waals surface area contributed by atoms with Gasteiger partial charge in [-0.3, -0.25) is 0 Å². The Morgan fingerprint density at radius 1 is 0.291 bits per heavy atom. The van der Waals surface area contributed by atoms with Crippen LogP contribution in [0.25, 0.3) is 55.3 Å². The maximum absolute atomic E-state index is 7.10. The summed E-state index contributed by atoms with van der Waals surface area (Å²) < 4.78 is 7.10. The van der Waals surface area contributed by atoms with Crippen LogP contribution in [-0.2, 0) is 10.8 Å². The van der Waals surface area contributed by atoms with Crippen LogP contribution in [0, 0.1) is 0 Å². The lowest BCUT2D eigenvalue weighted by Gasteiger charge is -2.40. The lowest BCUT2D eigenvalue weighted by atomic mass is 9.61. The van der Waals surface area contributed by atoms with Gasteiger partial charge in [-0.2, -0.15) is 0 Å². The van der Waals surface area contributed by atoms with Crippen molar-refractivity contribution in [3.63, 3.8) is 0 Å². The fourth-order valence-electron chi connectivity index (χ4n) is 11.2. The van der Waals surface area contributed by atoms with E-state index in [-0.39, 0.29) is 0 Å². The third kappa shape index (κ3) is 3.42.